The summed E-state index contributed by atoms with van der Waals surface area (Å²) in [5.74, 6) is 2.43. The van der Waals surface area contributed by atoms with Gasteiger partial charge >= 0.3 is 0 Å². The minimum atomic E-state index is -0.0282. The maximum absolute atomic E-state index is 12.6. The Kier molecular flexibility index (Phi) is 7.29. The summed E-state index contributed by atoms with van der Waals surface area (Å²) in [4.78, 5) is 23.6. The van der Waals surface area contributed by atoms with E-state index in [1.165, 1.54) is 0 Å². The molecule has 164 valence electrons. The Morgan fingerprint density at radius 1 is 1.33 bits per heavy atom. The van der Waals surface area contributed by atoms with Gasteiger partial charge in [0, 0.05) is 50.4 Å². The van der Waals surface area contributed by atoms with E-state index in [1.54, 1.807) is 6.33 Å². The van der Waals surface area contributed by atoms with Crippen molar-refractivity contribution < 1.29 is 4.79 Å². The first-order valence-electron chi connectivity index (χ1n) is 11.0. The number of nitrogens with zero attached hydrogens (tertiary/aromatic N) is 5. The second-order valence-corrected chi connectivity index (χ2v) is 8.28. The number of carbonyl (C=O) groups is 1. The monoisotopic (exact) mass is 413 g/mol. The van der Waals surface area contributed by atoms with Gasteiger partial charge in [0.25, 0.3) is 0 Å². The van der Waals surface area contributed by atoms with E-state index in [0.29, 0.717) is 12.3 Å². The van der Waals surface area contributed by atoms with Crippen molar-refractivity contribution in [3.8, 4) is 0 Å². The van der Waals surface area contributed by atoms with Gasteiger partial charge in [-0.15, -0.1) is 0 Å². The number of anilines is 2. The van der Waals surface area contributed by atoms with E-state index < -0.39 is 0 Å². The fourth-order valence-corrected chi connectivity index (χ4v) is 4.44. The van der Waals surface area contributed by atoms with Gasteiger partial charge in [0.1, 0.15) is 18.0 Å². The summed E-state index contributed by atoms with van der Waals surface area (Å²) in [7, 11) is 1.94. The first-order valence-corrected chi connectivity index (χ1v) is 11.0. The Morgan fingerprint density at radius 3 is 2.83 bits per heavy atom. The quantitative estimate of drug-likeness (QED) is 0.691. The third-order valence-corrected chi connectivity index (χ3v) is 6.01. The molecule has 3 heterocycles. The van der Waals surface area contributed by atoms with Crippen molar-refractivity contribution >= 4 is 17.5 Å². The zero-order valence-electron chi connectivity index (χ0n) is 18.9. The topological polar surface area (TPSA) is 88.0 Å². The lowest BCUT2D eigenvalue weighted by molar-refractivity contribution is -0.122. The molecule has 1 amide bonds. The molecule has 8 heteroatoms. The van der Waals surface area contributed by atoms with Crippen LogP contribution in [0.4, 0.5) is 11.6 Å². The van der Waals surface area contributed by atoms with Crippen molar-refractivity contribution in [1.29, 1.82) is 0 Å². The molecule has 2 aromatic rings. The number of piperidine rings is 1. The third-order valence-electron chi connectivity index (χ3n) is 6.01. The molecule has 1 aliphatic heterocycles. The maximum atomic E-state index is 12.6. The van der Waals surface area contributed by atoms with Crippen molar-refractivity contribution in [2.24, 2.45) is 13.0 Å². The van der Waals surface area contributed by atoms with Crippen LogP contribution in [-0.2, 0) is 11.8 Å². The predicted octanol–water partition coefficient (Wildman–Crippen LogP) is 3.13. The fourth-order valence-electron chi connectivity index (χ4n) is 4.44. The Labute approximate surface area is 179 Å². The minimum absolute atomic E-state index is 0.0282. The van der Waals surface area contributed by atoms with Gasteiger partial charge in [0.2, 0.25) is 5.91 Å². The van der Waals surface area contributed by atoms with E-state index >= 15 is 0 Å². The van der Waals surface area contributed by atoms with Gasteiger partial charge in [-0.1, -0.05) is 0 Å². The van der Waals surface area contributed by atoms with Crippen LogP contribution >= 0.6 is 0 Å². The predicted molar refractivity (Wildman–Crippen MR) is 120 cm³/mol. The molecular formula is C22H35N7O. The number of aryl methyl sites for hydroxylation is 2. The maximum Gasteiger partial charge on any atom is 0.220 e. The van der Waals surface area contributed by atoms with E-state index in [2.05, 4.69) is 37.5 Å². The van der Waals surface area contributed by atoms with E-state index in [0.717, 1.165) is 67.5 Å². The molecule has 0 saturated carbocycles. The SMILES string of the molecule is CCNc1cc(N2CCC[C@H](CCC(=O)N[C@H](C)c3c(C)nn(C)c3C)C2)ncn1. The fraction of sp³-hybridized carbons (Fsp3) is 0.636. The molecule has 0 unspecified atom stereocenters. The molecule has 0 aromatic carbocycles. The summed E-state index contributed by atoms with van der Waals surface area (Å²) >= 11 is 0. The molecule has 3 rings (SSSR count). The number of nitrogens with one attached hydrogen (secondary N) is 2. The molecular weight excluding hydrogens is 378 g/mol. The highest BCUT2D eigenvalue weighted by molar-refractivity contribution is 5.76. The van der Waals surface area contributed by atoms with Crippen molar-refractivity contribution in [2.75, 3.05) is 29.9 Å². The summed E-state index contributed by atoms with van der Waals surface area (Å²) in [6, 6.07) is 1.98. The Morgan fingerprint density at radius 2 is 2.13 bits per heavy atom. The first kappa shape index (κ1) is 22.1. The van der Waals surface area contributed by atoms with Crippen LogP contribution in [0.3, 0.4) is 0 Å². The Hall–Kier alpha value is -2.64. The van der Waals surface area contributed by atoms with Crippen molar-refractivity contribution in [2.45, 2.75) is 59.4 Å². The average Bonchev–Trinajstić information content (AvgIpc) is 2.98. The molecule has 2 N–H and O–H groups in total. The van der Waals surface area contributed by atoms with E-state index in [9.17, 15) is 4.79 Å². The normalized spacial score (nSPS) is 17.6. The van der Waals surface area contributed by atoms with Gasteiger partial charge in [0.05, 0.1) is 11.7 Å². The van der Waals surface area contributed by atoms with Crippen molar-refractivity contribution in [3.63, 3.8) is 0 Å². The summed E-state index contributed by atoms with van der Waals surface area (Å²) in [5.41, 5.74) is 3.20. The van der Waals surface area contributed by atoms with E-state index in [4.69, 9.17) is 0 Å². The van der Waals surface area contributed by atoms with Crippen LogP contribution in [0.2, 0.25) is 0 Å². The molecule has 2 atom stereocenters. The lowest BCUT2D eigenvalue weighted by Gasteiger charge is -2.33. The molecule has 30 heavy (non-hydrogen) atoms. The van der Waals surface area contributed by atoms with Gasteiger partial charge in [-0.2, -0.15) is 5.10 Å². The van der Waals surface area contributed by atoms with Crippen LogP contribution in [0, 0.1) is 19.8 Å². The van der Waals surface area contributed by atoms with Gasteiger partial charge < -0.3 is 15.5 Å². The summed E-state index contributed by atoms with van der Waals surface area (Å²) in [6.07, 6.45) is 5.34. The summed E-state index contributed by atoms with van der Waals surface area (Å²) in [6.45, 7) is 10.9. The first-order chi connectivity index (χ1) is 14.4. The van der Waals surface area contributed by atoms with Crippen LogP contribution in [-0.4, -0.2) is 45.3 Å². The highest BCUT2D eigenvalue weighted by Gasteiger charge is 2.23. The van der Waals surface area contributed by atoms with E-state index in [-0.39, 0.29) is 11.9 Å². The molecule has 0 bridgehead atoms. The molecule has 1 fully saturated rings. The smallest absolute Gasteiger partial charge is 0.220 e. The number of carbonyl (C=O) groups excluding carboxylic acids is 1. The van der Waals surface area contributed by atoms with Crippen LogP contribution in [0.5, 0.6) is 0 Å². The molecule has 1 aliphatic rings. The highest BCUT2D eigenvalue weighted by atomic mass is 16.1. The van der Waals surface area contributed by atoms with E-state index in [1.807, 2.05) is 38.6 Å². The van der Waals surface area contributed by atoms with Gasteiger partial charge in [-0.05, 0) is 52.9 Å². The number of rotatable bonds is 8. The number of amides is 1. The van der Waals surface area contributed by atoms with Gasteiger partial charge in [-0.3, -0.25) is 9.48 Å². The van der Waals surface area contributed by atoms with Gasteiger partial charge in [-0.25, -0.2) is 9.97 Å². The number of hydrogen-bond donors (Lipinski definition) is 2. The molecule has 0 aliphatic carbocycles. The molecule has 2 aromatic heterocycles. The summed E-state index contributed by atoms with van der Waals surface area (Å²) < 4.78 is 1.87. The van der Waals surface area contributed by atoms with Crippen LogP contribution < -0.4 is 15.5 Å². The standard InChI is InChI=1S/C22H35N7O/c1-6-23-19-12-20(25-14-24-19)29-11-7-8-18(13-29)9-10-21(30)26-15(2)22-16(3)27-28(5)17(22)4/h12,14-15,18H,6-11,13H2,1-5H3,(H,26,30)(H,23,24,25)/t15-,18-/m1/s1. The average molecular weight is 414 g/mol. The molecule has 0 radical (unpaired) electrons. The highest BCUT2D eigenvalue weighted by Crippen LogP contribution is 2.26. The number of aromatic nitrogens is 4. The van der Waals surface area contributed by atoms with Crippen LogP contribution in [0.15, 0.2) is 12.4 Å². The minimum Gasteiger partial charge on any atom is -0.370 e. The second kappa shape index (κ2) is 9.91. The zero-order valence-corrected chi connectivity index (χ0v) is 18.9. The molecule has 8 nitrogen and oxygen atoms in total. The van der Waals surface area contributed by atoms with Gasteiger partial charge in [0.15, 0.2) is 0 Å². The van der Waals surface area contributed by atoms with Crippen LogP contribution in [0.1, 0.15) is 62.5 Å². The van der Waals surface area contributed by atoms with Crippen molar-refractivity contribution in [1.82, 2.24) is 25.1 Å². The Balaban J connectivity index is 1.51. The third kappa shape index (κ3) is 5.29. The number of hydrogen-bond acceptors (Lipinski definition) is 6. The largest absolute Gasteiger partial charge is 0.370 e. The molecule has 1 saturated heterocycles. The lowest BCUT2D eigenvalue weighted by atomic mass is 9.93. The zero-order chi connectivity index (χ0) is 21.7. The van der Waals surface area contributed by atoms with Crippen LogP contribution in [0.25, 0.3) is 0 Å². The Bertz CT molecular complexity index is 863. The second-order valence-electron chi connectivity index (χ2n) is 8.28. The van der Waals surface area contributed by atoms with Crippen molar-refractivity contribution in [3.05, 3.63) is 29.3 Å². The molecule has 0 spiro atoms. The summed E-state index contributed by atoms with van der Waals surface area (Å²) in [5, 5.41) is 10.9. The lowest BCUT2D eigenvalue weighted by Crippen LogP contribution is -2.36.